The van der Waals surface area contributed by atoms with E-state index in [0.29, 0.717) is 12.5 Å². The lowest BCUT2D eigenvalue weighted by atomic mass is 10.1. The van der Waals surface area contributed by atoms with E-state index in [-0.39, 0.29) is 24.3 Å². The van der Waals surface area contributed by atoms with Crippen LogP contribution in [0, 0.1) is 12.8 Å². The molecule has 0 saturated heterocycles. The number of carbonyl (C=O) groups is 2. The summed E-state index contributed by atoms with van der Waals surface area (Å²) in [4.78, 5) is 26.2. The van der Waals surface area contributed by atoms with Crippen LogP contribution in [0.4, 0.5) is 0 Å². The van der Waals surface area contributed by atoms with Crippen molar-refractivity contribution in [3.8, 4) is 0 Å². The number of amides is 1. The smallest absolute Gasteiger partial charge is 0.305 e. The lowest BCUT2D eigenvalue weighted by Gasteiger charge is -2.26. The van der Waals surface area contributed by atoms with Gasteiger partial charge in [0.2, 0.25) is 5.91 Å². The molecule has 0 aromatic carbocycles. The Morgan fingerprint density at radius 2 is 2.20 bits per heavy atom. The Bertz CT molecular complexity index is 509. The largest absolute Gasteiger partial charge is 0.481 e. The second-order valence-corrected chi connectivity index (χ2v) is 6.63. The Morgan fingerprint density at radius 3 is 2.70 bits per heavy atom. The minimum atomic E-state index is -0.857. The number of aliphatic carboxylic acids is 1. The number of hydrogen-bond acceptors (Lipinski definition) is 3. The van der Waals surface area contributed by atoms with Gasteiger partial charge in [-0.2, -0.15) is 0 Å². The van der Waals surface area contributed by atoms with Crippen molar-refractivity contribution in [3.63, 3.8) is 0 Å². The molecule has 2 rings (SSSR count). The van der Waals surface area contributed by atoms with Crippen LogP contribution in [0.25, 0.3) is 0 Å². The van der Waals surface area contributed by atoms with Gasteiger partial charge in [0.25, 0.3) is 0 Å². The third kappa shape index (κ3) is 3.20. The Labute approximate surface area is 123 Å². The van der Waals surface area contributed by atoms with Gasteiger partial charge in [-0.25, -0.2) is 0 Å². The summed E-state index contributed by atoms with van der Waals surface area (Å²) in [7, 11) is 0. The van der Waals surface area contributed by atoms with Crippen LogP contribution in [0.1, 0.15) is 43.0 Å². The summed E-state index contributed by atoms with van der Waals surface area (Å²) < 4.78 is 0. The average Bonchev–Trinajstić information content (AvgIpc) is 3.04. The number of thiophene rings is 1. The van der Waals surface area contributed by atoms with Crippen molar-refractivity contribution in [2.45, 2.75) is 45.6 Å². The molecule has 1 N–H and O–H groups in total. The molecule has 5 heteroatoms. The van der Waals surface area contributed by atoms with Gasteiger partial charge >= 0.3 is 5.97 Å². The lowest BCUT2D eigenvalue weighted by Crippen LogP contribution is -2.39. The fourth-order valence-corrected chi connectivity index (χ4v) is 3.68. The number of hydrogen-bond donors (Lipinski definition) is 1. The zero-order valence-electron chi connectivity index (χ0n) is 12.1. The number of carboxylic acid groups (broad SMARTS) is 1. The van der Waals surface area contributed by atoms with Crippen molar-refractivity contribution in [1.29, 1.82) is 0 Å². The van der Waals surface area contributed by atoms with E-state index in [1.807, 2.05) is 13.8 Å². The van der Waals surface area contributed by atoms with Gasteiger partial charge < -0.3 is 10.0 Å². The molecule has 1 saturated carbocycles. The monoisotopic (exact) mass is 295 g/mol. The SMILES string of the molecule is Cc1ccsc1C1CC1C(=O)N(CCC(=O)O)C(C)C. The predicted molar refractivity (Wildman–Crippen MR) is 79.0 cm³/mol. The third-order valence-electron chi connectivity index (χ3n) is 3.82. The second-order valence-electron chi connectivity index (χ2n) is 5.69. The van der Waals surface area contributed by atoms with Gasteiger partial charge in [0.15, 0.2) is 0 Å². The van der Waals surface area contributed by atoms with E-state index in [2.05, 4.69) is 18.4 Å². The zero-order valence-corrected chi connectivity index (χ0v) is 12.9. The molecule has 1 aliphatic rings. The van der Waals surface area contributed by atoms with Crippen LogP contribution in [0.15, 0.2) is 11.4 Å². The maximum absolute atomic E-state index is 12.5. The van der Waals surface area contributed by atoms with E-state index in [9.17, 15) is 9.59 Å². The summed E-state index contributed by atoms with van der Waals surface area (Å²) in [6.07, 6.45) is 0.913. The van der Waals surface area contributed by atoms with E-state index in [4.69, 9.17) is 5.11 Å². The van der Waals surface area contributed by atoms with Crippen LogP contribution in [-0.2, 0) is 9.59 Å². The Hall–Kier alpha value is -1.36. The van der Waals surface area contributed by atoms with Crippen molar-refractivity contribution >= 4 is 23.2 Å². The van der Waals surface area contributed by atoms with Crippen LogP contribution in [-0.4, -0.2) is 34.5 Å². The van der Waals surface area contributed by atoms with Gasteiger partial charge in [-0.15, -0.1) is 11.3 Å². The molecule has 0 spiro atoms. The quantitative estimate of drug-likeness (QED) is 0.878. The Kier molecular flexibility index (Phi) is 4.48. The molecule has 2 atom stereocenters. The van der Waals surface area contributed by atoms with Gasteiger partial charge in [0, 0.05) is 29.3 Å². The molecule has 1 heterocycles. The van der Waals surface area contributed by atoms with Crippen molar-refractivity contribution in [1.82, 2.24) is 4.90 Å². The molecule has 0 radical (unpaired) electrons. The van der Waals surface area contributed by atoms with Crippen molar-refractivity contribution in [3.05, 3.63) is 21.9 Å². The Morgan fingerprint density at radius 1 is 1.50 bits per heavy atom. The molecule has 1 aromatic heterocycles. The highest BCUT2D eigenvalue weighted by molar-refractivity contribution is 7.10. The summed E-state index contributed by atoms with van der Waals surface area (Å²) in [5.74, 6) is -0.360. The number of carbonyl (C=O) groups excluding carboxylic acids is 1. The summed E-state index contributed by atoms with van der Waals surface area (Å²) in [6, 6.07) is 2.14. The van der Waals surface area contributed by atoms with E-state index in [1.54, 1.807) is 16.2 Å². The maximum atomic E-state index is 12.5. The molecule has 4 nitrogen and oxygen atoms in total. The zero-order chi connectivity index (χ0) is 14.9. The Balaban J connectivity index is 2.00. The molecule has 0 aliphatic heterocycles. The minimum absolute atomic E-state index is 0.0132. The van der Waals surface area contributed by atoms with Gasteiger partial charge in [0.1, 0.15) is 0 Å². The van der Waals surface area contributed by atoms with E-state index < -0.39 is 5.97 Å². The molecule has 20 heavy (non-hydrogen) atoms. The highest BCUT2D eigenvalue weighted by Crippen LogP contribution is 2.51. The van der Waals surface area contributed by atoms with Crippen LogP contribution >= 0.6 is 11.3 Å². The van der Waals surface area contributed by atoms with Crippen LogP contribution in [0.5, 0.6) is 0 Å². The van der Waals surface area contributed by atoms with Gasteiger partial charge in [-0.3, -0.25) is 9.59 Å². The van der Waals surface area contributed by atoms with Gasteiger partial charge in [0.05, 0.1) is 6.42 Å². The molecule has 1 aliphatic carbocycles. The highest BCUT2D eigenvalue weighted by atomic mass is 32.1. The first-order valence-electron chi connectivity index (χ1n) is 6.98. The van der Waals surface area contributed by atoms with Crippen LogP contribution in [0.2, 0.25) is 0 Å². The van der Waals surface area contributed by atoms with Crippen LogP contribution in [0.3, 0.4) is 0 Å². The van der Waals surface area contributed by atoms with Crippen molar-refractivity contribution < 1.29 is 14.7 Å². The molecule has 0 bridgehead atoms. The van der Waals surface area contributed by atoms with Gasteiger partial charge in [-0.05, 0) is 44.2 Å². The number of aryl methyl sites for hydroxylation is 1. The second kappa shape index (κ2) is 5.95. The average molecular weight is 295 g/mol. The summed E-state index contributed by atoms with van der Waals surface area (Å²) in [5.41, 5.74) is 1.26. The fourth-order valence-electron chi connectivity index (χ4n) is 2.57. The molecule has 2 unspecified atom stereocenters. The summed E-state index contributed by atoms with van der Waals surface area (Å²) in [5, 5.41) is 10.8. The first kappa shape index (κ1) is 15.0. The molecule has 1 fully saturated rings. The molecule has 1 aromatic rings. The number of nitrogens with zero attached hydrogens (tertiary/aromatic N) is 1. The standard InChI is InChI=1S/C15H21NO3S/c1-9(2)16(6-4-13(17)18)15(19)12-8-11(12)14-10(3)5-7-20-14/h5,7,9,11-12H,4,6,8H2,1-3H3,(H,17,18). The van der Waals surface area contributed by atoms with E-state index >= 15 is 0 Å². The number of carboxylic acids is 1. The first-order valence-corrected chi connectivity index (χ1v) is 7.86. The van der Waals surface area contributed by atoms with Crippen molar-refractivity contribution in [2.75, 3.05) is 6.54 Å². The minimum Gasteiger partial charge on any atom is -0.481 e. The predicted octanol–water partition coefficient (Wildman–Crippen LogP) is 2.87. The molecular weight excluding hydrogens is 274 g/mol. The normalized spacial score (nSPS) is 21.0. The van der Waals surface area contributed by atoms with E-state index in [1.165, 1.54) is 10.4 Å². The molecular formula is C15H21NO3S. The summed E-state index contributed by atoms with van der Waals surface area (Å²) >= 11 is 1.71. The molecule has 110 valence electrons. The number of rotatable bonds is 6. The molecule has 1 amide bonds. The van der Waals surface area contributed by atoms with E-state index in [0.717, 1.165) is 6.42 Å². The summed E-state index contributed by atoms with van der Waals surface area (Å²) in [6.45, 7) is 6.26. The topological polar surface area (TPSA) is 57.6 Å². The third-order valence-corrected chi connectivity index (χ3v) is 4.97. The maximum Gasteiger partial charge on any atom is 0.305 e. The lowest BCUT2D eigenvalue weighted by molar-refractivity contribution is -0.139. The van der Waals surface area contributed by atoms with Crippen molar-refractivity contribution in [2.24, 2.45) is 5.92 Å². The van der Waals surface area contributed by atoms with Gasteiger partial charge in [-0.1, -0.05) is 0 Å². The van der Waals surface area contributed by atoms with Crippen LogP contribution < -0.4 is 0 Å². The highest BCUT2D eigenvalue weighted by Gasteiger charge is 2.47. The fraction of sp³-hybridized carbons (Fsp3) is 0.600. The first-order chi connectivity index (χ1) is 9.41.